The van der Waals surface area contributed by atoms with E-state index >= 15 is 0 Å². The van der Waals surface area contributed by atoms with Crippen molar-refractivity contribution >= 4 is 18.0 Å². The van der Waals surface area contributed by atoms with E-state index in [2.05, 4.69) is 10.1 Å². The molecule has 1 aromatic carbocycles. The Bertz CT molecular complexity index is 742. The molecule has 0 saturated heterocycles. The number of para-hydroxylation sites is 1. The molecular weight excluding hydrogens is 294 g/mol. The van der Waals surface area contributed by atoms with E-state index in [1.807, 2.05) is 37.3 Å². The van der Waals surface area contributed by atoms with Gasteiger partial charge in [0.2, 0.25) is 0 Å². The molecule has 0 saturated carbocycles. The van der Waals surface area contributed by atoms with Crippen molar-refractivity contribution in [3.8, 4) is 5.69 Å². The van der Waals surface area contributed by atoms with E-state index in [0.717, 1.165) is 11.4 Å². The van der Waals surface area contributed by atoms with Crippen LogP contribution in [0.5, 0.6) is 0 Å². The molecular formula is C17H19N3O3. The van der Waals surface area contributed by atoms with Crippen LogP contribution >= 0.6 is 0 Å². The van der Waals surface area contributed by atoms with Gasteiger partial charge in [0.1, 0.15) is 11.3 Å². The Morgan fingerprint density at radius 3 is 2.70 bits per heavy atom. The van der Waals surface area contributed by atoms with Crippen molar-refractivity contribution < 1.29 is 14.6 Å². The Morgan fingerprint density at radius 1 is 1.39 bits per heavy atom. The normalized spacial score (nSPS) is 12.3. The number of ether oxygens (including phenoxy) is 1. The number of esters is 1. The molecule has 0 aliphatic rings. The maximum Gasteiger partial charge on any atom is 0.343 e. The SMILES string of the molecule is CCOC(=O)/C(C=Nc1cc(C)nn1-c1ccccc1)=C(\C)O. The molecule has 0 amide bonds. The first kappa shape index (κ1) is 16.5. The van der Waals surface area contributed by atoms with Gasteiger partial charge >= 0.3 is 5.97 Å². The average molecular weight is 313 g/mol. The number of aryl methyl sites for hydroxylation is 1. The monoisotopic (exact) mass is 313 g/mol. The van der Waals surface area contributed by atoms with Crippen molar-refractivity contribution in [3.63, 3.8) is 0 Å². The van der Waals surface area contributed by atoms with Gasteiger partial charge in [-0.05, 0) is 32.9 Å². The fourth-order valence-electron chi connectivity index (χ4n) is 1.97. The van der Waals surface area contributed by atoms with E-state index in [9.17, 15) is 9.90 Å². The molecule has 0 atom stereocenters. The second kappa shape index (κ2) is 7.40. The van der Waals surface area contributed by atoms with E-state index < -0.39 is 5.97 Å². The summed E-state index contributed by atoms with van der Waals surface area (Å²) in [6, 6.07) is 11.3. The minimum absolute atomic E-state index is 0.0188. The van der Waals surface area contributed by atoms with Gasteiger partial charge in [-0.15, -0.1) is 0 Å². The lowest BCUT2D eigenvalue weighted by Gasteiger charge is -2.05. The number of allylic oxidation sites excluding steroid dienone is 1. The zero-order chi connectivity index (χ0) is 16.8. The number of aliphatic hydroxyl groups is 1. The predicted octanol–water partition coefficient (Wildman–Crippen LogP) is 3.28. The summed E-state index contributed by atoms with van der Waals surface area (Å²) in [6.45, 7) is 5.20. The van der Waals surface area contributed by atoms with Crippen molar-refractivity contribution in [3.05, 3.63) is 53.4 Å². The van der Waals surface area contributed by atoms with Crippen LogP contribution in [0.1, 0.15) is 19.5 Å². The number of benzene rings is 1. The van der Waals surface area contributed by atoms with E-state index in [1.54, 1.807) is 17.7 Å². The maximum absolute atomic E-state index is 11.8. The maximum atomic E-state index is 11.8. The molecule has 1 N–H and O–H groups in total. The van der Waals surface area contributed by atoms with Gasteiger partial charge in [0, 0.05) is 12.3 Å². The molecule has 6 heteroatoms. The standard InChI is InChI=1S/C17H19N3O3/c1-4-23-17(22)15(13(3)21)11-18-16-10-12(2)19-20(16)14-8-6-5-7-9-14/h5-11,21H,4H2,1-3H3/b15-13+,18-11?. The van der Waals surface area contributed by atoms with Crippen molar-refractivity contribution in [2.45, 2.75) is 20.8 Å². The molecule has 1 aromatic heterocycles. The largest absolute Gasteiger partial charge is 0.512 e. The van der Waals surface area contributed by atoms with E-state index in [0.29, 0.717) is 5.82 Å². The lowest BCUT2D eigenvalue weighted by atomic mass is 10.2. The highest BCUT2D eigenvalue weighted by atomic mass is 16.5. The number of rotatable bonds is 5. The summed E-state index contributed by atoms with van der Waals surface area (Å²) in [5.41, 5.74) is 1.67. The first-order chi connectivity index (χ1) is 11.0. The minimum Gasteiger partial charge on any atom is -0.512 e. The van der Waals surface area contributed by atoms with Gasteiger partial charge in [-0.3, -0.25) is 0 Å². The summed E-state index contributed by atoms with van der Waals surface area (Å²) >= 11 is 0. The Labute approximate surface area is 134 Å². The third-order valence-corrected chi connectivity index (χ3v) is 3.02. The van der Waals surface area contributed by atoms with Crippen LogP contribution in [0.25, 0.3) is 5.69 Å². The molecule has 0 bridgehead atoms. The summed E-state index contributed by atoms with van der Waals surface area (Å²) in [5.74, 6) is -0.204. The molecule has 2 aromatic rings. The molecule has 0 fully saturated rings. The number of aliphatic imine (C=N–C) groups is 1. The topological polar surface area (TPSA) is 76.7 Å². The number of carbonyl (C=O) groups is 1. The van der Waals surface area contributed by atoms with Crippen LogP contribution in [0, 0.1) is 6.92 Å². The van der Waals surface area contributed by atoms with Crippen molar-refractivity contribution in [1.82, 2.24) is 9.78 Å². The van der Waals surface area contributed by atoms with Gasteiger partial charge in [-0.2, -0.15) is 5.10 Å². The van der Waals surface area contributed by atoms with E-state index in [-0.39, 0.29) is 17.9 Å². The van der Waals surface area contributed by atoms with E-state index in [4.69, 9.17) is 4.74 Å². The van der Waals surface area contributed by atoms with Gasteiger partial charge < -0.3 is 9.84 Å². The number of hydrogen-bond acceptors (Lipinski definition) is 5. The fraction of sp³-hybridized carbons (Fsp3) is 0.235. The molecule has 0 unspecified atom stereocenters. The lowest BCUT2D eigenvalue weighted by molar-refractivity contribution is -0.138. The van der Waals surface area contributed by atoms with Crippen LogP contribution in [0.15, 0.2) is 52.7 Å². The summed E-state index contributed by atoms with van der Waals surface area (Å²) in [6.07, 6.45) is 1.29. The smallest absolute Gasteiger partial charge is 0.343 e. The van der Waals surface area contributed by atoms with Crippen LogP contribution < -0.4 is 0 Å². The van der Waals surface area contributed by atoms with Gasteiger partial charge in [0.05, 0.1) is 18.0 Å². The van der Waals surface area contributed by atoms with Crippen LogP contribution in [0.3, 0.4) is 0 Å². The Balaban J connectivity index is 2.37. The number of hydrogen-bond donors (Lipinski definition) is 1. The Hall–Kier alpha value is -2.89. The van der Waals surface area contributed by atoms with Crippen molar-refractivity contribution in [1.29, 1.82) is 0 Å². The molecule has 120 valence electrons. The van der Waals surface area contributed by atoms with Crippen molar-refractivity contribution in [2.24, 2.45) is 4.99 Å². The summed E-state index contributed by atoms with van der Waals surface area (Å²) in [4.78, 5) is 16.1. The second-order valence-corrected chi connectivity index (χ2v) is 4.87. The third-order valence-electron chi connectivity index (χ3n) is 3.02. The van der Waals surface area contributed by atoms with Crippen LogP contribution in [-0.4, -0.2) is 33.7 Å². The minimum atomic E-state index is -0.612. The highest BCUT2D eigenvalue weighted by Crippen LogP contribution is 2.19. The Kier molecular flexibility index (Phi) is 5.30. The summed E-state index contributed by atoms with van der Waals surface area (Å²) < 4.78 is 6.57. The molecule has 0 radical (unpaired) electrons. The molecule has 6 nitrogen and oxygen atoms in total. The highest BCUT2D eigenvalue weighted by Gasteiger charge is 2.13. The first-order valence-electron chi connectivity index (χ1n) is 7.26. The Morgan fingerprint density at radius 2 is 2.09 bits per heavy atom. The molecule has 0 aliphatic heterocycles. The fourth-order valence-corrected chi connectivity index (χ4v) is 1.97. The highest BCUT2D eigenvalue weighted by molar-refractivity contribution is 6.10. The van der Waals surface area contributed by atoms with Crippen LogP contribution in [0.2, 0.25) is 0 Å². The number of aromatic nitrogens is 2. The summed E-state index contributed by atoms with van der Waals surface area (Å²) in [7, 11) is 0. The van der Waals surface area contributed by atoms with Gasteiger partial charge in [-0.1, -0.05) is 18.2 Å². The van der Waals surface area contributed by atoms with E-state index in [1.165, 1.54) is 13.1 Å². The summed E-state index contributed by atoms with van der Waals surface area (Å²) in [5, 5.41) is 14.0. The van der Waals surface area contributed by atoms with Crippen molar-refractivity contribution in [2.75, 3.05) is 6.61 Å². The predicted molar refractivity (Wildman–Crippen MR) is 88.4 cm³/mol. The van der Waals surface area contributed by atoms with Crippen LogP contribution in [0.4, 0.5) is 5.82 Å². The van der Waals surface area contributed by atoms with Gasteiger partial charge in [0.25, 0.3) is 0 Å². The molecule has 2 rings (SSSR count). The zero-order valence-electron chi connectivity index (χ0n) is 13.4. The number of carbonyl (C=O) groups excluding carboxylic acids is 1. The quantitative estimate of drug-likeness (QED) is 0.398. The third kappa shape index (κ3) is 4.06. The van der Waals surface area contributed by atoms with Gasteiger partial charge in [-0.25, -0.2) is 14.5 Å². The lowest BCUT2D eigenvalue weighted by Crippen LogP contribution is -2.10. The number of nitrogens with zero attached hydrogens (tertiary/aromatic N) is 3. The molecule has 1 heterocycles. The van der Waals surface area contributed by atoms with Crippen LogP contribution in [-0.2, 0) is 9.53 Å². The molecule has 0 spiro atoms. The van der Waals surface area contributed by atoms with Gasteiger partial charge in [0.15, 0.2) is 5.82 Å². The zero-order valence-corrected chi connectivity index (χ0v) is 13.4. The molecule has 23 heavy (non-hydrogen) atoms. The number of aliphatic hydroxyl groups excluding tert-OH is 1. The average Bonchev–Trinajstić information content (AvgIpc) is 2.89. The second-order valence-electron chi connectivity index (χ2n) is 4.87. The first-order valence-corrected chi connectivity index (χ1v) is 7.26. The molecule has 0 aliphatic carbocycles.